The van der Waals surface area contributed by atoms with Gasteiger partial charge in [0.2, 0.25) is 0 Å². The van der Waals surface area contributed by atoms with Crippen LogP contribution in [0.2, 0.25) is 5.02 Å². The molecule has 220 valence electrons. The van der Waals surface area contributed by atoms with Gasteiger partial charge in [-0.3, -0.25) is 4.90 Å². The van der Waals surface area contributed by atoms with Crippen molar-refractivity contribution in [2.75, 3.05) is 50.0 Å². The quantitative estimate of drug-likeness (QED) is 0.334. The van der Waals surface area contributed by atoms with Crippen LogP contribution in [-0.2, 0) is 4.74 Å². The second-order valence-corrected chi connectivity index (χ2v) is 13.0. The van der Waals surface area contributed by atoms with Crippen LogP contribution < -0.4 is 20.7 Å². The van der Waals surface area contributed by atoms with Gasteiger partial charge in [0.25, 0.3) is 0 Å². The monoisotopic (exact) mass is 613 g/mol. The van der Waals surface area contributed by atoms with Crippen molar-refractivity contribution < 1.29 is 18.3 Å². The number of anilines is 2. The van der Waals surface area contributed by atoms with Gasteiger partial charge in [-0.15, -0.1) is 0 Å². The highest BCUT2D eigenvalue weighted by molar-refractivity contribution is 7.22. The molecule has 4 atom stereocenters. The normalized spacial score (nSPS) is 26.2. The molecule has 0 radical (unpaired) electrons. The summed E-state index contributed by atoms with van der Waals surface area (Å²) in [5, 5.41) is 4.52. The topological polar surface area (TPSA) is 102 Å². The summed E-state index contributed by atoms with van der Waals surface area (Å²) in [5.41, 5.74) is 6.75. The first-order chi connectivity index (χ1) is 20.4. The third-order valence-electron chi connectivity index (χ3n) is 9.09. The molecule has 3 saturated heterocycles. The first-order valence-electron chi connectivity index (χ1n) is 14.5. The summed E-state index contributed by atoms with van der Waals surface area (Å²) in [5.74, 6) is -0.476. The van der Waals surface area contributed by atoms with E-state index in [9.17, 15) is 4.39 Å². The highest BCUT2D eigenvalue weighted by Crippen LogP contribution is 2.43. The predicted molar refractivity (Wildman–Crippen MR) is 159 cm³/mol. The number of benzene rings is 2. The second-order valence-electron chi connectivity index (χ2n) is 11.6. The number of rotatable bonds is 5. The number of thiazole rings is 1. The number of nitrogens with zero attached hydrogens (tertiary/aromatic N) is 5. The standard InChI is InChI=1S/C29H30ClF2N7O2S/c30-18-11-17-24(23(32)22(18)16-3-4-19(31)26-25(16)35-28(33)42-26)36-29(37-27(17)39-12-14-1-2-15(13-39)34-14)41-21-6-5-20(21)38-7-9-40-10-8-38/h3-4,11,14-15,20-21,34H,1-2,5-10,12-13H2,(H2,33,35)/t14?,15?,20-,21-/m0/s1. The molecule has 2 aromatic carbocycles. The zero-order valence-electron chi connectivity index (χ0n) is 22.8. The van der Waals surface area contributed by atoms with Crippen LogP contribution >= 0.6 is 22.9 Å². The maximum absolute atomic E-state index is 16.7. The third kappa shape index (κ3) is 4.46. The number of nitrogen functional groups attached to an aromatic ring is 1. The fourth-order valence-corrected chi connectivity index (χ4v) is 7.97. The number of hydrogen-bond acceptors (Lipinski definition) is 10. The molecule has 13 heteroatoms. The molecule has 8 rings (SSSR count). The van der Waals surface area contributed by atoms with Gasteiger partial charge in [-0.1, -0.05) is 22.9 Å². The molecule has 0 spiro atoms. The number of nitrogens with two attached hydrogens (primary N) is 1. The summed E-state index contributed by atoms with van der Waals surface area (Å²) in [6.45, 7) is 4.64. The van der Waals surface area contributed by atoms with E-state index in [0.717, 1.165) is 63.2 Å². The summed E-state index contributed by atoms with van der Waals surface area (Å²) < 4.78 is 43.5. The maximum atomic E-state index is 16.7. The lowest BCUT2D eigenvalue weighted by molar-refractivity contribution is -0.0553. The summed E-state index contributed by atoms with van der Waals surface area (Å²) in [4.78, 5) is 18.4. The molecule has 2 bridgehead atoms. The molecule has 0 amide bonds. The average molecular weight is 614 g/mol. The number of fused-ring (bicyclic) bond motifs is 4. The van der Waals surface area contributed by atoms with Crippen molar-refractivity contribution in [3.05, 3.63) is 34.9 Å². The Morgan fingerprint density at radius 3 is 2.55 bits per heavy atom. The fourth-order valence-electron chi connectivity index (χ4n) is 6.92. The highest BCUT2D eigenvalue weighted by Gasteiger charge is 2.39. The van der Waals surface area contributed by atoms with E-state index >= 15 is 4.39 Å². The number of nitrogens with one attached hydrogen (secondary N) is 1. The van der Waals surface area contributed by atoms with Crippen molar-refractivity contribution in [2.24, 2.45) is 0 Å². The Kier molecular flexibility index (Phi) is 6.60. The zero-order chi connectivity index (χ0) is 28.5. The van der Waals surface area contributed by atoms with E-state index in [2.05, 4.69) is 25.1 Å². The Balaban J connectivity index is 1.25. The lowest BCUT2D eigenvalue weighted by atomic mass is 9.87. The van der Waals surface area contributed by atoms with E-state index in [0.29, 0.717) is 42.1 Å². The Bertz CT molecular complexity index is 1690. The lowest BCUT2D eigenvalue weighted by Crippen LogP contribution is -2.56. The molecule has 1 saturated carbocycles. The van der Waals surface area contributed by atoms with Crippen molar-refractivity contribution in [3.63, 3.8) is 0 Å². The van der Waals surface area contributed by atoms with Gasteiger partial charge in [-0.05, 0) is 43.9 Å². The molecule has 2 aromatic heterocycles. The molecule has 4 aromatic rings. The minimum Gasteiger partial charge on any atom is -0.458 e. The van der Waals surface area contributed by atoms with Gasteiger partial charge in [0.1, 0.15) is 23.3 Å². The van der Waals surface area contributed by atoms with Crippen LogP contribution in [0.15, 0.2) is 18.2 Å². The Morgan fingerprint density at radius 2 is 1.81 bits per heavy atom. The lowest BCUT2D eigenvalue weighted by Gasteiger charge is -2.44. The first-order valence-corrected chi connectivity index (χ1v) is 15.7. The van der Waals surface area contributed by atoms with Crippen LogP contribution in [0.3, 0.4) is 0 Å². The van der Waals surface area contributed by atoms with Crippen LogP contribution in [0, 0.1) is 11.6 Å². The van der Waals surface area contributed by atoms with Gasteiger partial charge < -0.3 is 25.4 Å². The maximum Gasteiger partial charge on any atom is 0.319 e. The van der Waals surface area contributed by atoms with Gasteiger partial charge in [0, 0.05) is 60.8 Å². The summed E-state index contributed by atoms with van der Waals surface area (Å²) in [6.07, 6.45) is 4.00. The molecular weight excluding hydrogens is 584 g/mol. The fraction of sp³-hybridized carbons (Fsp3) is 0.483. The molecule has 4 aliphatic rings. The van der Waals surface area contributed by atoms with Crippen molar-refractivity contribution in [1.29, 1.82) is 0 Å². The van der Waals surface area contributed by atoms with E-state index in [1.807, 2.05) is 0 Å². The second kappa shape index (κ2) is 10.4. The minimum atomic E-state index is -0.623. The van der Waals surface area contributed by atoms with Gasteiger partial charge in [-0.2, -0.15) is 9.97 Å². The van der Waals surface area contributed by atoms with E-state index in [1.165, 1.54) is 12.1 Å². The smallest absolute Gasteiger partial charge is 0.319 e. The van der Waals surface area contributed by atoms with Crippen molar-refractivity contribution >= 4 is 55.0 Å². The van der Waals surface area contributed by atoms with E-state index in [4.69, 9.17) is 31.8 Å². The summed E-state index contributed by atoms with van der Waals surface area (Å²) in [6, 6.07) is 5.58. The molecular formula is C29H30ClF2N7O2S. The Morgan fingerprint density at radius 1 is 1.02 bits per heavy atom. The molecule has 3 N–H and O–H groups in total. The van der Waals surface area contributed by atoms with Gasteiger partial charge in [0.05, 0.1) is 28.5 Å². The summed E-state index contributed by atoms with van der Waals surface area (Å²) >= 11 is 7.83. The van der Waals surface area contributed by atoms with E-state index < -0.39 is 11.6 Å². The number of halogens is 3. The van der Waals surface area contributed by atoms with E-state index in [-0.39, 0.29) is 49.6 Å². The predicted octanol–water partition coefficient (Wildman–Crippen LogP) is 4.60. The van der Waals surface area contributed by atoms with Gasteiger partial charge in [0.15, 0.2) is 10.9 Å². The summed E-state index contributed by atoms with van der Waals surface area (Å²) in [7, 11) is 0. The molecule has 1 aliphatic carbocycles. The number of morpholine rings is 1. The highest BCUT2D eigenvalue weighted by atomic mass is 35.5. The third-order valence-corrected chi connectivity index (χ3v) is 10.3. The van der Waals surface area contributed by atoms with Crippen molar-refractivity contribution in [1.82, 2.24) is 25.2 Å². The number of aromatic nitrogens is 3. The first kappa shape index (κ1) is 26.7. The minimum absolute atomic E-state index is 0.0860. The largest absolute Gasteiger partial charge is 0.458 e. The van der Waals surface area contributed by atoms with Gasteiger partial charge >= 0.3 is 6.01 Å². The molecule has 5 heterocycles. The van der Waals surface area contributed by atoms with Crippen LogP contribution in [0.25, 0.3) is 32.2 Å². The zero-order valence-corrected chi connectivity index (χ0v) is 24.4. The molecule has 3 aliphatic heterocycles. The Labute approximate surface area is 250 Å². The number of hydrogen-bond donors (Lipinski definition) is 2. The molecule has 9 nitrogen and oxygen atoms in total. The van der Waals surface area contributed by atoms with Crippen LogP contribution in [0.4, 0.5) is 19.7 Å². The average Bonchev–Trinajstić information content (AvgIpc) is 3.54. The SMILES string of the molecule is Nc1nc2c(-c3c(Cl)cc4c(N5CC6CCC(C5)N6)nc(O[C@H]5CC[C@@H]5N5CCOCC5)nc4c3F)ccc(F)c2s1. The number of ether oxygens (including phenoxy) is 2. The van der Waals surface area contributed by atoms with Gasteiger partial charge in [-0.25, -0.2) is 13.8 Å². The van der Waals surface area contributed by atoms with Crippen LogP contribution in [-0.4, -0.2) is 83.5 Å². The van der Waals surface area contributed by atoms with Crippen LogP contribution in [0.5, 0.6) is 6.01 Å². The molecule has 2 unspecified atom stereocenters. The molecule has 4 fully saturated rings. The number of piperazine rings is 1. The van der Waals surface area contributed by atoms with Crippen molar-refractivity contribution in [2.45, 2.75) is 49.9 Å². The van der Waals surface area contributed by atoms with Crippen molar-refractivity contribution in [3.8, 4) is 17.1 Å². The Hall–Kier alpha value is -2.90. The van der Waals surface area contributed by atoms with Crippen LogP contribution in [0.1, 0.15) is 25.7 Å². The van der Waals surface area contributed by atoms with E-state index in [1.54, 1.807) is 6.07 Å². The molecule has 42 heavy (non-hydrogen) atoms.